The van der Waals surface area contributed by atoms with Crippen molar-refractivity contribution < 1.29 is 9.53 Å². The maximum atomic E-state index is 12.5. The van der Waals surface area contributed by atoms with Crippen molar-refractivity contribution in [3.8, 4) is 11.4 Å². The van der Waals surface area contributed by atoms with Crippen LogP contribution in [0.25, 0.3) is 16.7 Å². The van der Waals surface area contributed by atoms with E-state index in [0.717, 1.165) is 33.9 Å². The van der Waals surface area contributed by atoms with Crippen molar-refractivity contribution in [2.24, 2.45) is 0 Å². The summed E-state index contributed by atoms with van der Waals surface area (Å²) in [4.78, 5) is 17.2. The number of benzene rings is 3. The van der Waals surface area contributed by atoms with Crippen molar-refractivity contribution in [2.75, 3.05) is 7.11 Å². The minimum Gasteiger partial charge on any atom is -0.496 e. The van der Waals surface area contributed by atoms with Gasteiger partial charge in [0.25, 0.3) is 0 Å². The molecule has 0 atom stereocenters. The van der Waals surface area contributed by atoms with E-state index >= 15 is 0 Å². The normalized spacial score (nSPS) is 10.8. The summed E-state index contributed by atoms with van der Waals surface area (Å²) in [7, 11) is 1.63. The first-order valence-corrected chi connectivity index (χ1v) is 9.66. The molecule has 0 aliphatic heterocycles. The number of carbonyl (C=O) groups excluding carboxylic acids is 1. The highest BCUT2D eigenvalue weighted by molar-refractivity contribution is 5.79. The number of para-hydroxylation sites is 4. The molecule has 0 spiro atoms. The number of amides is 1. The second kappa shape index (κ2) is 8.61. The first kappa shape index (κ1) is 18.7. The van der Waals surface area contributed by atoms with Crippen LogP contribution in [-0.4, -0.2) is 22.6 Å². The molecule has 146 valence electrons. The Morgan fingerprint density at radius 1 is 0.966 bits per heavy atom. The summed E-state index contributed by atoms with van der Waals surface area (Å²) in [6, 6.07) is 25.9. The molecule has 0 fully saturated rings. The summed E-state index contributed by atoms with van der Waals surface area (Å²) in [5.41, 5.74) is 3.98. The summed E-state index contributed by atoms with van der Waals surface area (Å²) >= 11 is 0. The molecule has 1 amide bonds. The molecule has 0 aliphatic carbocycles. The molecular formula is C24H23N3O2. The average molecular weight is 385 g/mol. The number of aromatic nitrogens is 2. The van der Waals surface area contributed by atoms with Gasteiger partial charge < -0.3 is 10.1 Å². The van der Waals surface area contributed by atoms with Gasteiger partial charge in [0.1, 0.15) is 11.6 Å². The lowest BCUT2D eigenvalue weighted by Gasteiger charge is -2.11. The van der Waals surface area contributed by atoms with Crippen molar-refractivity contribution >= 4 is 16.9 Å². The molecule has 0 bridgehead atoms. The quantitative estimate of drug-likeness (QED) is 0.516. The van der Waals surface area contributed by atoms with Crippen LogP contribution in [0.15, 0.2) is 78.9 Å². The van der Waals surface area contributed by atoms with E-state index in [0.29, 0.717) is 19.4 Å². The topological polar surface area (TPSA) is 56.1 Å². The smallest absolute Gasteiger partial charge is 0.220 e. The summed E-state index contributed by atoms with van der Waals surface area (Å²) < 4.78 is 7.47. The summed E-state index contributed by atoms with van der Waals surface area (Å²) in [6.45, 7) is 0.442. The number of nitrogens with zero attached hydrogens (tertiary/aromatic N) is 2. The number of ether oxygens (including phenoxy) is 1. The van der Waals surface area contributed by atoms with E-state index in [1.807, 2.05) is 60.7 Å². The van der Waals surface area contributed by atoms with Crippen molar-refractivity contribution in [1.82, 2.24) is 14.9 Å². The molecule has 0 aliphatic rings. The van der Waals surface area contributed by atoms with E-state index in [1.54, 1.807) is 7.11 Å². The van der Waals surface area contributed by atoms with Crippen LogP contribution in [0.1, 0.15) is 17.8 Å². The lowest BCUT2D eigenvalue weighted by atomic mass is 10.2. The molecule has 1 aromatic heterocycles. The molecule has 5 heteroatoms. The molecule has 3 aromatic carbocycles. The third-order valence-electron chi connectivity index (χ3n) is 4.89. The van der Waals surface area contributed by atoms with Gasteiger partial charge in [-0.15, -0.1) is 0 Å². The number of aryl methyl sites for hydroxylation is 1. The molecule has 1 N–H and O–H groups in total. The van der Waals surface area contributed by atoms with Crippen LogP contribution in [-0.2, 0) is 17.8 Å². The molecule has 1 heterocycles. The SMILES string of the molecule is COc1ccccc1CNC(=O)CCc1nc2ccccc2n1-c1ccccc1. The van der Waals surface area contributed by atoms with E-state index in [2.05, 4.69) is 28.1 Å². The highest BCUT2D eigenvalue weighted by Gasteiger charge is 2.13. The number of fused-ring (bicyclic) bond motifs is 1. The number of rotatable bonds is 7. The zero-order valence-corrected chi connectivity index (χ0v) is 16.3. The van der Waals surface area contributed by atoms with Crippen LogP contribution in [0.2, 0.25) is 0 Å². The summed E-state index contributed by atoms with van der Waals surface area (Å²) in [5.74, 6) is 1.64. The van der Waals surface area contributed by atoms with E-state index in [9.17, 15) is 4.79 Å². The second-order valence-electron chi connectivity index (χ2n) is 6.78. The number of hydrogen-bond donors (Lipinski definition) is 1. The maximum Gasteiger partial charge on any atom is 0.220 e. The molecule has 4 rings (SSSR count). The number of carbonyl (C=O) groups is 1. The average Bonchev–Trinajstić information content (AvgIpc) is 3.15. The largest absolute Gasteiger partial charge is 0.496 e. The first-order chi connectivity index (χ1) is 14.3. The Bertz CT molecular complexity index is 1120. The van der Waals surface area contributed by atoms with Crippen molar-refractivity contribution in [3.63, 3.8) is 0 Å². The molecule has 0 saturated carbocycles. The zero-order valence-electron chi connectivity index (χ0n) is 16.3. The van der Waals surface area contributed by atoms with Crippen LogP contribution < -0.4 is 10.1 Å². The van der Waals surface area contributed by atoms with Gasteiger partial charge in [-0.25, -0.2) is 4.98 Å². The van der Waals surface area contributed by atoms with Crippen LogP contribution in [0, 0.1) is 0 Å². The van der Waals surface area contributed by atoms with Gasteiger partial charge >= 0.3 is 0 Å². The van der Waals surface area contributed by atoms with Crippen LogP contribution in [0.3, 0.4) is 0 Å². The van der Waals surface area contributed by atoms with Gasteiger partial charge in [-0.1, -0.05) is 48.5 Å². The Morgan fingerprint density at radius 2 is 1.69 bits per heavy atom. The van der Waals surface area contributed by atoms with E-state index in [-0.39, 0.29) is 5.91 Å². The maximum absolute atomic E-state index is 12.5. The van der Waals surface area contributed by atoms with Crippen molar-refractivity contribution in [3.05, 3.63) is 90.3 Å². The van der Waals surface area contributed by atoms with Gasteiger partial charge in [0.2, 0.25) is 5.91 Å². The number of nitrogens with one attached hydrogen (secondary N) is 1. The van der Waals surface area contributed by atoms with Gasteiger partial charge in [-0.05, 0) is 30.3 Å². The Kier molecular flexibility index (Phi) is 5.56. The monoisotopic (exact) mass is 385 g/mol. The molecule has 0 unspecified atom stereocenters. The van der Waals surface area contributed by atoms with E-state index in [1.165, 1.54) is 0 Å². The number of methoxy groups -OCH3 is 1. The predicted molar refractivity (Wildman–Crippen MR) is 114 cm³/mol. The lowest BCUT2D eigenvalue weighted by Crippen LogP contribution is -2.23. The fraction of sp³-hybridized carbons (Fsp3) is 0.167. The van der Waals surface area contributed by atoms with Crippen molar-refractivity contribution in [1.29, 1.82) is 0 Å². The van der Waals surface area contributed by atoms with E-state index < -0.39 is 0 Å². The van der Waals surface area contributed by atoms with Crippen LogP contribution >= 0.6 is 0 Å². The lowest BCUT2D eigenvalue weighted by molar-refractivity contribution is -0.121. The van der Waals surface area contributed by atoms with Gasteiger partial charge in [0.05, 0.1) is 18.1 Å². The fourth-order valence-corrected chi connectivity index (χ4v) is 3.47. The van der Waals surface area contributed by atoms with Crippen LogP contribution in [0.4, 0.5) is 0 Å². The minimum absolute atomic E-state index is 0.0115. The minimum atomic E-state index is -0.0115. The second-order valence-corrected chi connectivity index (χ2v) is 6.78. The predicted octanol–water partition coefficient (Wildman–Crippen LogP) is 4.28. The third-order valence-corrected chi connectivity index (χ3v) is 4.89. The van der Waals surface area contributed by atoms with Crippen molar-refractivity contribution in [2.45, 2.75) is 19.4 Å². The van der Waals surface area contributed by atoms with E-state index in [4.69, 9.17) is 9.72 Å². The fourth-order valence-electron chi connectivity index (χ4n) is 3.47. The highest BCUT2D eigenvalue weighted by atomic mass is 16.5. The molecule has 5 nitrogen and oxygen atoms in total. The Hall–Kier alpha value is -3.60. The Labute approximate surface area is 170 Å². The summed E-state index contributed by atoms with van der Waals surface area (Å²) in [6.07, 6.45) is 0.923. The van der Waals surface area contributed by atoms with Crippen LogP contribution in [0.5, 0.6) is 5.75 Å². The highest BCUT2D eigenvalue weighted by Crippen LogP contribution is 2.22. The molecule has 4 aromatic rings. The number of hydrogen-bond acceptors (Lipinski definition) is 3. The van der Waals surface area contributed by atoms with Gasteiger partial charge in [-0.3, -0.25) is 9.36 Å². The third kappa shape index (κ3) is 4.14. The first-order valence-electron chi connectivity index (χ1n) is 9.66. The Morgan fingerprint density at radius 3 is 2.52 bits per heavy atom. The van der Waals surface area contributed by atoms with Gasteiger partial charge in [0.15, 0.2) is 0 Å². The van der Waals surface area contributed by atoms with Gasteiger partial charge in [0, 0.05) is 30.6 Å². The molecular weight excluding hydrogens is 362 g/mol. The summed E-state index contributed by atoms with van der Waals surface area (Å²) in [5, 5.41) is 2.98. The zero-order chi connectivity index (χ0) is 20.1. The standard InChI is InChI=1S/C24H23N3O2/c1-29-22-14-8-5-9-18(22)17-25-24(28)16-15-23-26-20-12-6-7-13-21(20)27(23)19-10-3-2-4-11-19/h2-14H,15-17H2,1H3,(H,25,28). The molecule has 0 radical (unpaired) electrons. The molecule has 29 heavy (non-hydrogen) atoms. The Balaban J connectivity index is 1.49. The van der Waals surface area contributed by atoms with Gasteiger partial charge in [-0.2, -0.15) is 0 Å². The number of imidazole rings is 1. The molecule has 0 saturated heterocycles.